The molecule has 1 amide bonds. The Morgan fingerprint density at radius 3 is 2.32 bits per heavy atom. The highest BCUT2D eigenvalue weighted by Crippen LogP contribution is 2.11. The first-order valence-electron chi connectivity index (χ1n) is 10.5. The van der Waals surface area contributed by atoms with Gasteiger partial charge in [-0.2, -0.15) is 0 Å². The Labute approximate surface area is 201 Å². The van der Waals surface area contributed by atoms with Gasteiger partial charge in [-0.15, -0.1) is 0 Å². The molecular formula is C26H29N3O4S. The number of oxime groups is 1. The number of benzene rings is 2. The molecule has 2 aromatic rings. The molecular weight excluding hydrogens is 450 g/mol. The van der Waals surface area contributed by atoms with Crippen molar-refractivity contribution in [2.24, 2.45) is 5.16 Å². The normalized spacial score (nSPS) is 12.0. The summed E-state index contributed by atoms with van der Waals surface area (Å²) >= 11 is 0. The molecule has 7 nitrogen and oxygen atoms in total. The number of allylic oxidation sites excluding steroid dienone is 5. The van der Waals surface area contributed by atoms with Gasteiger partial charge >= 0.3 is 0 Å². The maximum atomic E-state index is 12.5. The first-order valence-corrected chi connectivity index (χ1v) is 12.0. The lowest BCUT2D eigenvalue weighted by atomic mass is 10.1. The van der Waals surface area contributed by atoms with Gasteiger partial charge in [0.05, 0.1) is 11.1 Å². The first-order chi connectivity index (χ1) is 16.2. The SMILES string of the molecule is C=C(C)/C=C\C(=C/C)S(=O)(=O)NC(=O)c1ccc(CNC(=C)/C=N\OCc2ccccc2)cc1. The predicted molar refractivity (Wildman–Crippen MR) is 136 cm³/mol. The summed E-state index contributed by atoms with van der Waals surface area (Å²) in [6, 6.07) is 16.2. The Balaban J connectivity index is 1.85. The number of sulfonamides is 1. The maximum absolute atomic E-state index is 12.5. The van der Waals surface area contributed by atoms with E-state index in [9.17, 15) is 13.2 Å². The molecule has 0 aliphatic rings. The van der Waals surface area contributed by atoms with Gasteiger partial charge in [-0.25, -0.2) is 13.1 Å². The second-order valence-corrected chi connectivity index (χ2v) is 9.06. The van der Waals surface area contributed by atoms with E-state index >= 15 is 0 Å². The molecule has 2 rings (SSSR count). The maximum Gasteiger partial charge on any atom is 0.264 e. The fourth-order valence-electron chi connectivity index (χ4n) is 2.63. The molecule has 0 bridgehead atoms. The predicted octanol–water partition coefficient (Wildman–Crippen LogP) is 4.59. The topological polar surface area (TPSA) is 96.9 Å². The summed E-state index contributed by atoms with van der Waals surface area (Å²) in [5.41, 5.74) is 3.36. The molecule has 34 heavy (non-hydrogen) atoms. The molecule has 0 spiro atoms. The van der Waals surface area contributed by atoms with E-state index in [1.807, 2.05) is 30.3 Å². The summed E-state index contributed by atoms with van der Waals surface area (Å²) in [4.78, 5) is 17.6. The van der Waals surface area contributed by atoms with Gasteiger partial charge in [0.25, 0.3) is 15.9 Å². The molecule has 0 aromatic heterocycles. The number of amides is 1. The van der Waals surface area contributed by atoms with Crippen molar-refractivity contribution in [3.8, 4) is 0 Å². The average Bonchev–Trinajstić information content (AvgIpc) is 2.81. The molecule has 0 saturated heterocycles. The Hall–Kier alpha value is -3.91. The van der Waals surface area contributed by atoms with E-state index in [2.05, 4.69) is 28.4 Å². The molecule has 8 heteroatoms. The summed E-state index contributed by atoms with van der Waals surface area (Å²) in [7, 11) is -3.99. The quantitative estimate of drug-likeness (QED) is 0.264. The average molecular weight is 480 g/mol. The van der Waals surface area contributed by atoms with Crippen molar-refractivity contribution >= 4 is 22.1 Å². The van der Waals surface area contributed by atoms with Gasteiger partial charge in [0.15, 0.2) is 0 Å². The lowest BCUT2D eigenvalue weighted by molar-refractivity contribution is 0.0981. The largest absolute Gasteiger partial charge is 0.391 e. The van der Waals surface area contributed by atoms with Crippen LogP contribution in [0.5, 0.6) is 0 Å². The molecule has 0 heterocycles. The number of carbonyl (C=O) groups is 1. The van der Waals surface area contributed by atoms with Crippen LogP contribution in [0.4, 0.5) is 0 Å². The summed E-state index contributed by atoms with van der Waals surface area (Å²) < 4.78 is 27.0. The zero-order valence-corrected chi connectivity index (χ0v) is 20.1. The van der Waals surface area contributed by atoms with Crippen LogP contribution in [0.2, 0.25) is 0 Å². The Morgan fingerprint density at radius 1 is 1.03 bits per heavy atom. The minimum Gasteiger partial charge on any atom is -0.391 e. The van der Waals surface area contributed by atoms with E-state index in [0.717, 1.165) is 11.1 Å². The Kier molecular flexibility index (Phi) is 10.0. The van der Waals surface area contributed by atoms with Crippen molar-refractivity contribution in [1.29, 1.82) is 0 Å². The lowest BCUT2D eigenvalue weighted by Gasteiger charge is -2.09. The van der Waals surface area contributed by atoms with Gasteiger partial charge in [-0.3, -0.25) is 4.79 Å². The van der Waals surface area contributed by atoms with Crippen molar-refractivity contribution in [1.82, 2.24) is 10.0 Å². The Bertz CT molecular complexity index is 1200. The zero-order valence-electron chi connectivity index (χ0n) is 19.3. The second-order valence-electron chi connectivity index (χ2n) is 7.37. The third-order valence-corrected chi connectivity index (χ3v) is 5.89. The van der Waals surface area contributed by atoms with Crippen molar-refractivity contribution in [3.63, 3.8) is 0 Å². The molecule has 2 N–H and O–H groups in total. The molecule has 0 saturated carbocycles. The summed E-state index contributed by atoms with van der Waals surface area (Å²) in [6.45, 7) is 11.7. The van der Waals surface area contributed by atoms with E-state index in [1.165, 1.54) is 18.4 Å². The fraction of sp³-hybridized carbons (Fsp3) is 0.154. The molecule has 2 aromatic carbocycles. The van der Waals surface area contributed by atoms with Gasteiger partial charge < -0.3 is 10.2 Å². The van der Waals surface area contributed by atoms with Crippen molar-refractivity contribution in [2.45, 2.75) is 27.0 Å². The third-order valence-electron chi connectivity index (χ3n) is 4.45. The highest BCUT2D eigenvalue weighted by atomic mass is 32.2. The van der Waals surface area contributed by atoms with Crippen LogP contribution in [0, 0.1) is 0 Å². The van der Waals surface area contributed by atoms with E-state index in [1.54, 1.807) is 44.2 Å². The minimum absolute atomic E-state index is 0.0161. The standard InChI is InChI=1S/C26H29N3O4S/c1-5-25(16-11-20(2)3)34(31,32)29-26(30)24-14-12-22(13-15-24)18-27-21(4)17-28-33-19-23-9-7-6-8-10-23/h5-17,27H,2,4,18-19H2,1,3H3,(H,29,30)/b16-11-,25-5+,28-17-. The van der Waals surface area contributed by atoms with Crippen LogP contribution in [0.25, 0.3) is 0 Å². The number of hydrogen-bond acceptors (Lipinski definition) is 6. The first kappa shape index (κ1) is 26.3. The second kappa shape index (κ2) is 13.0. The number of nitrogens with zero attached hydrogens (tertiary/aromatic N) is 1. The molecule has 0 fully saturated rings. The molecule has 0 atom stereocenters. The van der Waals surface area contributed by atoms with Gasteiger partial charge in [-0.05, 0) is 43.2 Å². The van der Waals surface area contributed by atoms with Crippen LogP contribution in [0.15, 0.2) is 107 Å². The van der Waals surface area contributed by atoms with Gasteiger partial charge in [-0.1, -0.05) is 78.5 Å². The third kappa shape index (κ3) is 8.91. The van der Waals surface area contributed by atoms with E-state index < -0.39 is 15.9 Å². The molecule has 0 unspecified atom stereocenters. The van der Waals surface area contributed by atoms with Crippen LogP contribution in [-0.4, -0.2) is 20.5 Å². The van der Waals surface area contributed by atoms with Crippen LogP contribution in [0.1, 0.15) is 35.3 Å². The zero-order chi connectivity index (χ0) is 25.0. The van der Waals surface area contributed by atoms with Crippen molar-refractivity contribution < 1.29 is 18.0 Å². The highest BCUT2D eigenvalue weighted by Gasteiger charge is 2.19. The highest BCUT2D eigenvalue weighted by molar-refractivity contribution is 7.94. The van der Waals surface area contributed by atoms with Crippen LogP contribution in [0.3, 0.4) is 0 Å². The molecule has 0 aliphatic heterocycles. The summed E-state index contributed by atoms with van der Waals surface area (Å²) in [5, 5.41) is 6.97. The summed E-state index contributed by atoms with van der Waals surface area (Å²) in [6.07, 6.45) is 5.86. The fourth-order valence-corrected chi connectivity index (χ4v) is 3.66. The molecule has 178 valence electrons. The lowest BCUT2D eigenvalue weighted by Crippen LogP contribution is -2.31. The monoisotopic (exact) mass is 479 g/mol. The number of nitrogens with one attached hydrogen (secondary N) is 2. The van der Waals surface area contributed by atoms with Crippen molar-refractivity contribution in [3.05, 3.63) is 119 Å². The summed E-state index contributed by atoms with van der Waals surface area (Å²) in [5.74, 6) is -0.713. The van der Waals surface area contributed by atoms with Gasteiger partial charge in [0, 0.05) is 17.8 Å². The van der Waals surface area contributed by atoms with E-state index in [0.29, 0.717) is 24.4 Å². The molecule has 0 aliphatic carbocycles. The van der Waals surface area contributed by atoms with E-state index in [-0.39, 0.29) is 10.5 Å². The number of rotatable bonds is 12. The Morgan fingerprint density at radius 2 is 1.71 bits per heavy atom. The van der Waals surface area contributed by atoms with Crippen LogP contribution in [-0.2, 0) is 28.0 Å². The van der Waals surface area contributed by atoms with Crippen LogP contribution >= 0.6 is 0 Å². The van der Waals surface area contributed by atoms with Gasteiger partial charge in [0.2, 0.25) is 0 Å². The molecule has 0 radical (unpaired) electrons. The number of hydrogen-bond donors (Lipinski definition) is 2. The van der Waals surface area contributed by atoms with Crippen LogP contribution < -0.4 is 10.0 Å². The minimum atomic E-state index is -3.99. The smallest absolute Gasteiger partial charge is 0.264 e. The van der Waals surface area contributed by atoms with Crippen molar-refractivity contribution in [2.75, 3.05) is 0 Å². The number of carbonyl (C=O) groups excluding carboxylic acids is 1. The van der Waals surface area contributed by atoms with E-state index in [4.69, 9.17) is 4.84 Å². The van der Waals surface area contributed by atoms with Gasteiger partial charge in [0.1, 0.15) is 6.61 Å².